The molecule has 0 heterocycles. The standard InChI is InChI=1S/C41H77O19P3/c1-3-5-7-9-11-13-15-17-19-21-23-25-27-29-34(42)55-31-33(57-35(43)30-28-26-24-22-20-18-16-14-12-10-8-6-4-2)32-56-63(53,54)60-39-36(44)37(45)40(58-61(47,48)49)41(38(39)46)59-62(50,51)52/h13-16,33,36-41,44-46H,3-12,17-32H2,1-2H3,(H,53,54)(H2,47,48,49)(H2,50,51,52)/t33-,36?,37?,38?,39+,40?,41+/m1/s1. The van der Waals surface area contributed by atoms with Gasteiger partial charge in [-0.05, 0) is 64.2 Å². The van der Waals surface area contributed by atoms with Crippen LogP contribution in [0.15, 0.2) is 24.3 Å². The van der Waals surface area contributed by atoms with E-state index in [1.165, 1.54) is 51.4 Å². The van der Waals surface area contributed by atoms with Crippen LogP contribution in [0.25, 0.3) is 0 Å². The van der Waals surface area contributed by atoms with Crippen molar-refractivity contribution < 1.29 is 90.6 Å². The van der Waals surface area contributed by atoms with Crippen LogP contribution in [0.3, 0.4) is 0 Å². The molecule has 370 valence electrons. The number of carbonyl (C=O) groups excluding carboxylic acids is 2. The van der Waals surface area contributed by atoms with Gasteiger partial charge in [0.2, 0.25) is 0 Å². The third-order valence-corrected chi connectivity index (χ3v) is 12.3. The lowest BCUT2D eigenvalue weighted by Crippen LogP contribution is -2.65. The quantitative estimate of drug-likeness (QED) is 0.0128. The highest BCUT2D eigenvalue weighted by molar-refractivity contribution is 7.47. The smallest absolute Gasteiger partial charge is 0.462 e. The number of allylic oxidation sites excluding steroid dienone is 4. The number of aliphatic hydroxyl groups excluding tert-OH is 3. The Morgan fingerprint density at radius 3 is 1.32 bits per heavy atom. The number of aliphatic hydroxyl groups is 3. The third kappa shape index (κ3) is 30.5. The molecule has 63 heavy (non-hydrogen) atoms. The normalized spacial score (nSPS) is 22.4. The second-order valence-corrected chi connectivity index (χ2v) is 19.8. The van der Waals surface area contributed by atoms with Crippen molar-refractivity contribution in [3.8, 4) is 0 Å². The number of rotatable bonds is 38. The maximum absolute atomic E-state index is 13.1. The number of phosphoric ester groups is 3. The first kappa shape index (κ1) is 59.6. The molecule has 0 spiro atoms. The van der Waals surface area contributed by atoms with Gasteiger partial charge in [-0.3, -0.25) is 27.7 Å². The van der Waals surface area contributed by atoms with Crippen LogP contribution in [-0.4, -0.2) is 108 Å². The lowest BCUT2D eigenvalue weighted by molar-refractivity contribution is -0.213. The Balaban J connectivity index is 2.78. The Bertz CT molecular complexity index is 1440. The zero-order valence-corrected chi connectivity index (χ0v) is 39.8. The van der Waals surface area contributed by atoms with Crippen molar-refractivity contribution in [2.24, 2.45) is 0 Å². The van der Waals surface area contributed by atoms with E-state index in [1.54, 1.807) is 0 Å². The summed E-state index contributed by atoms with van der Waals surface area (Å²) in [7, 11) is -16.6. The SMILES string of the molecule is CCCCCCC=CCCCCCCCC(=O)OC[C@H](COP(=O)(O)O[C@H]1C(O)C(O)C(OP(=O)(O)O)[C@@H](OP(=O)(O)O)C1O)OC(=O)CCCCCCCC=CCCCCCC. The molecule has 0 aromatic heterocycles. The van der Waals surface area contributed by atoms with Crippen molar-refractivity contribution in [2.75, 3.05) is 13.2 Å². The van der Waals surface area contributed by atoms with Crippen molar-refractivity contribution in [3.05, 3.63) is 24.3 Å². The number of esters is 2. The van der Waals surface area contributed by atoms with Crippen molar-refractivity contribution in [2.45, 2.75) is 211 Å². The molecule has 0 aromatic carbocycles. The van der Waals surface area contributed by atoms with E-state index in [9.17, 15) is 63.1 Å². The Morgan fingerprint density at radius 2 is 0.873 bits per heavy atom. The molecule has 19 nitrogen and oxygen atoms in total. The molecule has 8 N–H and O–H groups in total. The summed E-state index contributed by atoms with van der Waals surface area (Å²) in [6.45, 7) is 2.88. The molecule has 8 atom stereocenters. The van der Waals surface area contributed by atoms with E-state index >= 15 is 0 Å². The van der Waals surface area contributed by atoms with Gasteiger partial charge < -0.3 is 49.3 Å². The Morgan fingerprint density at radius 1 is 0.492 bits per heavy atom. The molecule has 0 saturated heterocycles. The molecule has 1 aliphatic rings. The fraction of sp³-hybridized carbons (Fsp3) is 0.854. The second-order valence-electron chi connectivity index (χ2n) is 16.0. The largest absolute Gasteiger partial charge is 0.472 e. The molecule has 0 bridgehead atoms. The summed E-state index contributed by atoms with van der Waals surface area (Å²) in [6.07, 6.45) is 15.0. The van der Waals surface area contributed by atoms with Crippen LogP contribution in [-0.2, 0) is 50.9 Å². The highest BCUT2D eigenvalue weighted by atomic mass is 31.2. The van der Waals surface area contributed by atoms with Crippen LogP contribution < -0.4 is 0 Å². The summed E-state index contributed by atoms with van der Waals surface area (Å²) >= 11 is 0. The molecule has 22 heteroatoms. The summed E-state index contributed by atoms with van der Waals surface area (Å²) < 4.78 is 65.3. The molecule has 0 aromatic rings. The van der Waals surface area contributed by atoms with Crippen LogP contribution in [0.5, 0.6) is 0 Å². The van der Waals surface area contributed by atoms with Gasteiger partial charge in [0.15, 0.2) is 6.10 Å². The molecule has 5 unspecified atom stereocenters. The van der Waals surface area contributed by atoms with E-state index in [0.717, 1.165) is 77.0 Å². The minimum absolute atomic E-state index is 0.0126. The van der Waals surface area contributed by atoms with Crippen LogP contribution in [0.4, 0.5) is 0 Å². The van der Waals surface area contributed by atoms with E-state index in [-0.39, 0.29) is 12.8 Å². The summed E-state index contributed by atoms with van der Waals surface area (Å²) in [5.41, 5.74) is 0. The minimum Gasteiger partial charge on any atom is -0.462 e. The number of unbranched alkanes of at least 4 members (excludes halogenated alkanes) is 18. The van der Waals surface area contributed by atoms with Gasteiger partial charge in [-0.15, -0.1) is 0 Å². The molecule has 1 fully saturated rings. The van der Waals surface area contributed by atoms with Gasteiger partial charge in [-0.1, -0.05) is 115 Å². The van der Waals surface area contributed by atoms with Gasteiger partial charge in [0.1, 0.15) is 43.2 Å². The molecule has 0 aliphatic heterocycles. The second kappa shape index (κ2) is 34.0. The topological polar surface area (TPSA) is 303 Å². The Kier molecular flexibility index (Phi) is 32.2. The maximum Gasteiger partial charge on any atom is 0.472 e. The molecule has 1 saturated carbocycles. The highest BCUT2D eigenvalue weighted by Gasteiger charge is 2.56. The van der Waals surface area contributed by atoms with Crippen molar-refractivity contribution >= 4 is 35.4 Å². The molecule has 1 rings (SSSR count). The average Bonchev–Trinajstić information content (AvgIpc) is 3.20. The number of phosphoric acid groups is 3. The van der Waals surface area contributed by atoms with Gasteiger partial charge in [0.25, 0.3) is 0 Å². The zero-order valence-electron chi connectivity index (χ0n) is 37.1. The monoisotopic (exact) mass is 966 g/mol. The van der Waals surface area contributed by atoms with Crippen LogP contribution in [0.1, 0.15) is 168 Å². The number of hydrogen-bond donors (Lipinski definition) is 8. The van der Waals surface area contributed by atoms with Crippen LogP contribution >= 0.6 is 23.5 Å². The van der Waals surface area contributed by atoms with E-state index in [4.69, 9.17) is 18.5 Å². The molecule has 0 radical (unpaired) electrons. The van der Waals surface area contributed by atoms with E-state index in [0.29, 0.717) is 12.8 Å². The fourth-order valence-electron chi connectivity index (χ4n) is 6.81. The van der Waals surface area contributed by atoms with Gasteiger partial charge in [-0.25, -0.2) is 13.7 Å². The molecule has 1 aliphatic carbocycles. The van der Waals surface area contributed by atoms with Crippen LogP contribution in [0.2, 0.25) is 0 Å². The molecular formula is C41H77O19P3. The van der Waals surface area contributed by atoms with E-state index in [2.05, 4.69) is 47.2 Å². The summed E-state index contributed by atoms with van der Waals surface area (Å²) in [6, 6.07) is 0. The first-order valence-corrected chi connectivity index (χ1v) is 27.2. The first-order chi connectivity index (χ1) is 29.8. The fourth-order valence-corrected chi connectivity index (χ4v) is 8.90. The average molecular weight is 967 g/mol. The van der Waals surface area contributed by atoms with E-state index in [1.807, 2.05) is 0 Å². The van der Waals surface area contributed by atoms with Gasteiger partial charge in [0.05, 0.1) is 6.61 Å². The van der Waals surface area contributed by atoms with E-state index < -0.39 is 91.3 Å². The van der Waals surface area contributed by atoms with Gasteiger partial charge in [0, 0.05) is 12.8 Å². The minimum atomic E-state index is -5.60. The zero-order chi connectivity index (χ0) is 47.2. The molecule has 0 amide bonds. The number of carbonyl (C=O) groups is 2. The lowest BCUT2D eigenvalue weighted by atomic mass is 9.85. The Labute approximate surface area is 373 Å². The van der Waals surface area contributed by atoms with Gasteiger partial charge in [-0.2, -0.15) is 0 Å². The first-order valence-electron chi connectivity index (χ1n) is 22.6. The highest BCUT2D eigenvalue weighted by Crippen LogP contribution is 2.51. The molecular weight excluding hydrogens is 889 g/mol. The predicted octanol–water partition coefficient (Wildman–Crippen LogP) is 7.51. The maximum atomic E-state index is 13.1. The predicted molar refractivity (Wildman–Crippen MR) is 234 cm³/mol. The number of ether oxygens (including phenoxy) is 2. The van der Waals surface area contributed by atoms with Crippen molar-refractivity contribution in [3.63, 3.8) is 0 Å². The van der Waals surface area contributed by atoms with Gasteiger partial charge >= 0.3 is 35.4 Å². The summed E-state index contributed by atoms with van der Waals surface area (Å²) in [5, 5.41) is 31.8. The van der Waals surface area contributed by atoms with Crippen molar-refractivity contribution in [1.82, 2.24) is 0 Å². The van der Waals surface area contributed by atoms with Crippen molar-refractivity contribution in [1.29, 1.82) is 0 Å². The summed E-state index contributed by atoms with van der Waals surface area (Å²) in [5.74, 6) is -1.32. The van der Waals surface area contributed by atoms with Crippen LogP contribution in [0, 0.1) is 0 Å². The Hall–Kier alpha value is -1.37. The lowest BCUT2D eigenvalue weighted by Gasteiger charge is -2.44. The number of hydrogen-bond acceptors (Lipinski definition) is 14. The summed E-state index contributed by atoms with van der Waals surface area (Å²) in [4.78, 5) is 73.0. The third-order valence-electron chi connectivity index (χ3n) is 10.2.